The van der Waals surface area contributed by atoms with E-state index >= 15 is 0 Å². The fraction of sp³-hybridized carbons (Fsp3) is 0.333. The third-order valence-electron chi connectivity index (χ3n) is 1.90. The van der Waals surface area contributed by atoms with E-state index in [0.29, 0.717) is 0 Å². The minimum absolute atomic E-state index is 0.00678. The van der Waals surface area contributed by atoms with Crippen LogP contribution in [0.2, 0.25) is 0 Å². The Morgan fingerprint density at radius 1 is 1.33 bits per heavy atom. The summed E-state index contributed by atoms with van der Waals surface area (Å²) in [6.45, 7) is 0. The lowest BCUT2D eigenvalue weighted by atomic mass is 10.0. The molecule has 3 nitrogen and oxygen atoms in total. The normalized spacial score (nSPS) is 13.9. The molecule has 0 aliphatic heterocycles. The summed E-state index contributed by atoms with van der Waals surface area (Å²) in [5, 5.41) is 9.30. The van der Waals surface area contributed by atoms with Crippen LogP contribution in [-0.4, -0.2) is 11.3 Å². The van der Waals surface area contributed by atoms with Gasteiger partial charge < -0.3 is 16.6 Å². The van der Waals surface area contributed by atoms with E-state index < -0.39 is 18.6 Å². The van der Waals surface area contributed by atoms with Crippen molar-refractivity contribution in [1.82, 2.24) is 0 Å². The Bertz CT molecular complexity index is 352. The first-order valence-corrected chi connectivity index (χ1v) is 4.20. The monoisotopic (exact) mass is 220 g/mol. The molecule has 0 saturated heterocycles. The smallest absolute Gasteiger partial charge is 0.390 e. The van der Waals surface area contributed by atoms with Gasteiger partial charge in [-0.1, -0.05) is 0 Å². The van der Waals surface area contributed by atoms with Gasteiger partial charge in [-0.2, -0.15) is 13.2 Å². The Labute approximate surface area is 84.5 Å². The highest BCUT2D eigenvalue weighted by Gasteiger charge is 2.31. The summed E-state index contributed by atoms with van der Waals surface area (Å²) in [5.41, 5.74) is 11.0. The number of aromatic hydroxyl groups is 1. The van der Waals surface area contributed by atoms with Gasteiger partial charge in [0.15, 0.2) is 0 Å². The average Bonchev–Trinajstić information content (AvgIpc) is 2.06. The van der Waals surface area contributed by atoms with Crippen molar-refractivity contribution in [3.8, 4) is 5.75 Å². The van der Waals surface area contributed by atoms with Crippen LogP contribution in [0.1, 0.15) is 18.0 Å². The highest BCUT2D eigenvalue weighted by molar-refractivity contribution is 5.48. The molecular formula is C9H11F3N2O. The molecule has 0 heterocycles. The lowest BCUT2D eigenvalue weighted by Crippen LogP contribution is -2.20. The van der Waals surface area contributed by atoms with E-state index in [0.717, 1.165) is 0 Å². The Morgan fingerprint density at radius 3 is 2.47 bits per heavy atom. The zero-order chi connectivity index (χ0) is 11.6. The van der Waals surface area contributed by atoms with Gasteiger partial charge >= 0.3 is 6.18 Å². The van der Waals surface area contributed by atoms with Crippen molar-refractivity contribution in [3.63, 3.8) is 0 Å². The highest BCUT2D eigenvalue weighted by Crippen LogP contribution is 2.32. The second-order valence-electron chi connectivity index (χ2n) is 3.24. The zero-order valence-corrected chi connectivity index (χ0v) is 7.75. The fourth-order valence-corrected chi connectivity index (χ4v) is 1.23. The van der Waals surface area contributed by atoms with Crippen molar-refractivity contribution in [3.05, 3.63) is 23.8 Å². The van der Waals surface area contributed by atoms with E-state index in [-0.39, 0.29) is 17.0 Å². The van der Waals surface area contributed by atoms with Gasteiger partial charge in [-0.3, -0.25) is 0 Å². The number of rotatable bonds is 2. The van der Waals surface area contributed by atoms with Crippen LogP contribution in [0, 0.1) is 0 Å². The first-order chi connectivity index (χ1) is 6.79. The van der Waals surface area contributed by atoms with Crippen molar-refractivity contribution in [2.45, 2.75) is 18.6 Å². The minimum Gasteiger partial charge on any atom is -0.508 e. The Morgan fingerprint density at radius 2 is 1.93 bits per heavy atom. The molecule has 15 heavy (non-hydrogen) atoms. The van der Waals surface area contributed by atoms with Crippen molar-refractivity contribution in [1.29, 1.82) is 0 Å². The molecule has 6 heteroatoms. The van der Waals surface area contributed by atoms with Gasteiger partial charge in [0.05, 0.1) is 6.42 Å². The number of phenols is 1. The highest BCUT2D eigenvalue weighted by atomic mass is 19.4. The summed E-state index contributed by atoms with van der Waals surface area (Å²) in [6.07, 6.45) is -5.56. The molecule has 0 radical (unpaired) electrons. The zero-order valence-electron chi connectivity index (χ0n) is 7.75. The molecule has 0 aliphatic carbocycles. The number of phenolic OH excluding ortho intramolecular Hbond substituents is 1. The van der Waals surface area contributed by atoms with Crippen LogP contribution in [0.4, 0.5) is 18.9 Å². The van der Waals surface area contributed by atoms with E-state index in [1.807, 2.05) is 0 Å². The number of nitrogens with two attached hydrogens (primary N) is 2. The Kier molecular flexibility index (Phi) is 3.09. The molecule has 0 aromatic heterocycles. The lowest BCUT2D eigenvalue weighted by Gasteiger charge is -2.15. The number of hydrogen-bond acceptors (Lipinski definition) is 3. The molecule has 1 aromatic carbocycles. The molecule has 84 valence electrons. The lowest BCUT2D eigenvalue weighted by molar-refractivity contribution is -0.138. The molecule has 1 atom stereocenters. The van der Waals surface area contributed by atoms with Gasteiger partial charge in [-0.05, 0) is 18.2 Å². The van der Waals surface area contributed by atoms with Crippen molar-refractivity contribution < 1.29 is 18.3 Å². The summed E-state index contributed by atoms with van der Waals surface area (Å²) < 4.78 is 36.1. The van der Waals surface area contributed by atoms with Gasteiger partial charge in [0.25, 0.3) is 0 Å². The van der Waals surface area contributed by atoms with Crippen LogP contribution >= 0.6 is 0 Å². The third-order valence-corrected chi connectivity index (χ3v) is 1.90. The average molecular weight is 220 g/mol. The van der Waals surface area contributed by atoms with E-state index in [9.17, 15) is 18.3 Å². The summed E-state index contributed by atoms with van der Waals surface area (Å²) in [7, 11) is 0. The first-order valence-electron chi connectivity index (χ1n) is 4.20. The first kappa shape index (κ1) is 11.6. The van der Waals surface area contributed by atoms with Crippen LogP contribution in [0.3, 0.4) is 0 Å². The van der Waals surface area contributed by atoms with Gasteiger partial charge in [-0.25, -0.2) is 0 Å². The molecule has 1 aromatic rings. The number of alkyl halides is 3. The van der Waals surface area contributed by atoms with Gasteiger partial charge in [0.1, 0.15) is 5.75 Å². The van der Waals surface area contributed by atoms with Crippen molar-refractivity contribution >= 4 is 5.69 Å². The fourth-order valence-electron chi connectivity index (χ4n) is 1.23. The third kappa shape index (κ3) is 3.32. The number of nitrogen functional groups attached to an aromatic ring is 1. The molecular weight excluding hydrogens is 209 g/mol. The number of anilines is 1. The van der Waals surface area contributed by atoms with Crippen LogP contribution in [0.25, 0.3) is 0 Å². The number of benzene rings is 1. The van der Waals surface area contributed by atoms with Crippen LogP contribution in [0.15, 0.2) is 18.2 Å². The SMILES string of the molecule is Nc1ccc(O)c([C@H](N)CC(F)(F)F)c1. The quantitative estimate of drug-likeness (QED) is 0.526. The second kappa shape index (κ2) is 3.98. The summed E-state index contributed by atoms with van der Waals surface area (Å²) in [4.78, 5) is 0. The predicted octanol–water partition coefficient (Wildman–Crippen LogP) is 1.93. The number of hydrogen-bond donors (Lipinski definition) is 3. The van der Waals surface area contributed by atoms with Crippen LogP contribution in [-0.2, 0) is 0 Å². The molecule has 0 bridgehead atoms. The summed E-state index contributed by atoms with van der Waals surface area (Å²) in [5.74, 6) is -0.277. The molecule has 0 saturated carbocycles. The van der Waals surface area contributed by atoms with Crippen molar-refractivity contribution in [2.24, 2.45) is 5.73 Å². The van der Waals surface area contributed by atoms with Gasteiger partial charge in [-0.15, -0.1) is 0 Å². The van der Waals surface area contributed by atoms with E-state index in [1.165, 1.54) is 18.2 Å². The minimum atomic E-state index is -4.36. The topological polar surface area (TPSA) is 72.3 Å². The van der Waals surface area contributed by atoms with Crippen LogP contribution in [0.5, 0.6) is 5.75 Å². The maximum absolute atomic E-state index is 12.0. The second-order valence-corrected chi connectivity index (χ2v) is 3.24. The molecule has 1 rings (SSSR count). The summed E-state index contributed by atoms with van der Waals surface area (Å²) >= 11 is 0. The van der Waals surface area contributed by atoms with E-state index in [4.69, 9.17) is 11.5 Å². The Balaban J connectivity index is 2.90. The molecule has 0 spiro atoms. The predicted molar refractivity (Wildman–Crippen MR) is 50.1 cm³/mol. The molecule has 0 unspecified atom stereocenters. The van der Waals surface area contributed by atoms with E-state index in [2.05, 4.69) is 0 Å². The maximum atomic E-state index is 12.0. The van der Waals surface area contributed by atoms with Gasteiger partial charge in [0, 0.05) is 17.3 Å². The molecule has 0 aliphatic rings. The van der Waals surface area contributed by atoms with Gasteiger partial charge in [0.2, 0.25) is 0 Å². The molecule has 0 fully saturated rings. The van der Waals surface area contributed by atoms with Crippen molar-refractivity contribution in [2.75, 3.05) is 5.73 Å². The van der Waals surface area contributed by atoms with Crippen LogP contribution < -0.4 is 11.5 Å². The standard InChI is InChI=1S/C9H11F3N2O/c10-9(11,12)4-7(14)6-3-5(13)1-2-8(6)15/h1-3,7,15H,4,13-14H2/t7-/m1/s1. The molecule has 5 N–H and O–H groups in total. The summed E-state index contributed by atoms with van der Waals surface area (Å²) in [6, 6.07) is 2.56. The Hall–Kier alpha value is -1.43. The largest absolute Gasteiger partial charge is 0.508 e. The van der Waals surface area contributed by atoms with E-state index in [1.54, 1.807) is 0 Å². The number of halogens is 3. The maximum Gasteiger partial charge on any atom is 0.390 e. The molecule has 0 amide bonds.